The number of nitrogens with one attached hydrogen (secondary N) is 1. The average molecular weight is 273 g/mol. The van der Waals surface area contributed by atoms with E-state index in [9.17, 15) is 15.0 Å². The molecule has 0 unspecified atom stereocenters. The van der Waals surface area contributed by atoms with Crippen molar-refractivity contribution in [3.05, 3.63) is 53.6 Å². The summed E-state index contributed by atoms with van der Waals surface area (Å²) in [7, 11) is 0. The monoisotopic (exact) mass is 273 g/mol. The smallest absolute Gasteiger partial charge is 0.255 e. The fourth-order valence-electron chi connectivity index (χ4n) is 1.75. The van der Waals surface area contributed by atoms with Crippen LogP contribution in [0, 0.1) is 0 Å². The third-order valence-electron chi connectivity index (χ3n) is 2.85. The first-order valence-corrected chi connectivity index (χ1v) is 6.13. The minimum absolute atomic E-state index is 0.0818. The standard InChI is InChI=1S/C15H15NO4/c17-8-7-10-1-4-12(5-2-10)16-15(20)11-3-6-13(18)14(19)9-11/h1-6,9,17-19H,7-8H2,(H,16,20). The van der Waals surface area contributed by atoms with Gasteiger partial charge in [0.15, 0.2) is 11.5 Å². The number of carbonyl (C=O) groups excluding carboxylic acids is 1. The Bertz CT molecular complexity index is 608. The first-order chi connectivity index (χ1) is 9.60. The molecule has 5 heteroatoms. The molecule has 0 aliphatic carbocycles. The van der Waals surface area contributed by atoms with Gasteiger partial charge >= 0.3 is 0 Å². The first-order valence-electron chi connectivity index (χ1n) is 6.13. The number of benzene rings is 2. The quantitative estimate of drug-likeness (QED) is 0.640. The summed E-state index contributed by atoms with van der Waals surface area (Å²) in [5.74, 6) is -0.985. The van der Waals surface area contributed by atoms with Crippen molar-refractivity contribution >= 4 is 11.6 Å². The fraction of sp³-hybridized carbons (Fsp3) is 0.133. The van der Waals surface area contributed by atoms with E-state index < -0.39 is 0 Å². The zero-order valence-electron chi connectivity index (χ0n) is 10.7. The van der Waals surface area contributed by atoms with Crippen molar-refractivity contribution in [1.82, 2.24) is 0 Å². The Balaban J connectivity index is 2.08. The van der Waals surface area contributed by atoms with Crippen molar-refractivity contribution < 1.29 is 20.1 Å². The minimum Gasteiger partial charge on any atom is -0.504 e. The van der Waals surface area contributed by atoms with Crippen LogP contribution in [-0.4, -0.2) is 27.8 Å². The van der Waals surface area contributed by atoms with Crippen LogP contribution in [0.25, 0.3) is 0 Å². The summed E-state index contributed by atoms with van der Waals surface area (Å²) in [4.78, 5) is 11.9. The molecule has 2 aromatic carbocycles. The molecular formula is C15H15NO4. The van der Waals surface area contributed by atoms with Crippen LogP contribution in [0.4, 0.5) is 5.69 Å². The zero-order chi connectivity index (χ0) is 14.5. The summed E-state index contributed by atoms with van der Waals surface area (Å²) in [6.07, 6.45) is 0.570. The van der Waals surface area contributed by atoms with Crippen molar-refractivity contribution in [2.75, 3.05) is 11.9 Å². The number of hydrogen-bond donors (Lipinski definition) is 4. The molecule has 0 saturated heterocycles. The van der Waals surface area contributed by atoms with Gasteiger partial charge in [0.2, 0.25) is 0 Å². The molecule has 0 saturated carbocycles. The number of anilines is 1. The SMILES string of the molecule is O=C(Nc1ccc(CCO)cc1)c1ccc(O)c(O)c1. The van der Waals surface area contributed by atoms with Crippen LogP contribution >= 0.6 is 0 Å². The number of phenolic OH excluding ortho intramolecular Hbond substituents is 2. The van der Waals surface area contributed by atoms with Gasteiger partial charge in [-0.05, 0) is 42.3 Å². The van der Waals surface area contributed by atoms with Gasteiger partial charge in [-0.1, -0.05) is 12.1 Å². The van der Waals surface area contributed by atoms with Gasteiger partial charge in [-0.3, -0.25) is 4.79 Å². The van der Waals surface area contributed by atoms with Gasteiger partial charge in [-0.25, -0.2) is 0 Å². The van der Waals surface area contributed by atoms with E-state index in [0.29, 0.717) is 12.1 Å². The number of aliphatic hydroxyl groups excluding tert-OH is 1. The normalized spacial score (nSPS) is 10.2. The summed E-state index contributed by atoms with van der Waals surface area (Å²) in [5.41, 5.74) is 1.84. The largest absolute Gasteiger partial charge is 0.504 e. The first kappa shape index (κ1) is 13.9. The molecule has 0 fully saturated rings. The van der Waals surface area contributed by atoms with E-state index in [2.05, 4.69) is 5.32 Å². The van der Waals surface area contributed by atoms with Gasteiger partial charge in [-0.2, -0.15) is 0 Å². The number of carbonyl (C=O) groups is 1. The Morgan fingerprint density at radius 3 is 2.30 bits per heavy atom. The molecule has 2 aromatic rings. The van der Waals surface area contributed by atoms with E-state index >= 15 is 0 Å². The maximum Gasteiger partial charge on any atom is 0.255 e. The summed E-state index contributed by atoms with van der Waals surface area (Å²) in [6, 6.07) is 11.0. The molecule has 5 nitrogen and oxygen atoms in total. The molecule has 0 radical (unpaired) electrons. The number of phenols is 2. The number of hydrogen-bond acceptors (Lipinski definition) is 4. The van der Waals surface area contributed by atoms with Crippen LogP contribution in [0.3, 0.4) is 0 Å². The van der Waals surface area contributed by atoms with Crippen molar-refractivity contribution in [1.29, 1.82) is 0 Å². The van der Waals surface area contributed by atoms with Gasteiger partial charge in [0.1, 0.15) is 0 Å². The van der Waals surface area contributed by atoms with Crippen LogP contribution in [0.5, 0.6) is 11.5 Å². The summed E-state index contributed by atoms with van der Waals surface area (Å²) in [6.45, 7) is 0.0818. The van der Waals surface area contributed by atoms with Gasteiger partial charge < -0.3 is 20.6 Å². The number of aliphatic hydroxyl groups is 1. The molecular weight excluding hydrogens is 258 g/mol. The number of rotatable bonds is 4. The van der Waals surface area contributed by atoms with E-state index in [1.54, 1.807) is 12.1 Å². The lowest BCUT2D eigenvalue weighted by Gasteiger charge is -2.07. The number of aromatic hydroxyl groups is 2. The van der Waals surface area contributed by atoms with E-state index in [0.717, 1.165) is 5.56 Å². The highest BCUT2D eigenvalue weighted by atomic mass is 16.3. The van der Waals surface area contributed by atoms with Crippen LogP contribution in [0.1, 0.15) is 15.9 Å². The second kappa shape index (κ2) is 6.08. The van der Waals surface area contributed by atoms with Crippen LogP contribution in [0.15, 0.2) is 42.5 Å². The molecule has 104 valence electrons. The van der Waals surface area contributed by atoms with E-state index in [-0.39, 0.29) is 29.6 Å². The summed E-state index contributed by atoms with van der Waals surface area (Å²) in [5, 5.41) is 30.0. The van der Waals surface area contributed by atoms with Gasteiger partial charge in [0.25, 0.3) is 5.91 Å². The van der Waals surface area contributed by atoms with Gasteiger partial charge in [-0.15, -0.1) is 0 Å². The molecule has 0 aromatic heterocycles. The van der Waals surface area contributed by atoms with Crippen LogP contribution < -0.4 is 5.32 Å². The summed E-state index contributed by atoms with van der Waals surface area (Å²) >= 11 is 0. The predicted molar refractivity (Wildman–Crippen MR) is 75.0 cm³/mol. The Morgan fingerprint density at radius 2 is 1.70 bits per heavy atom. The fourth-order valence-corrected chi connectivity index (χ4v) is 1.75. The van der Waals surface area contributed by atoms with E-state index in [1.165, 1.54) is 18.2 Å². The highest BCUT2D eigenvalue weighted by Crippen LogP contribution is 2.25. The molecule has 0 aliphatic heterocycles. The molecule has 1 amide bonds. The Morgan fingerprint density at radius 1 is 1.00 bits per heavy atom. The molecule has 0 aliphatic rings. The lowest BCUT2D eigenvalue weighted by atomic mass is 10.1. The molecule has 0 bridgehead atoms. The Hall–Kier alpha value is -2.53. The molecule has 0 atom stereocenters. The molecule has 4 N–H and O–H groups in total. The maximum atomic E-state index is 11.9. The lowest BCUT2D eigenvalue weighted by Crippen LogP contribution is -2.11. The van der Waals surface area contributed by atoms with Crippen LogP contribution in [-0.2, 0) is 6.42 Å². The second-order valence-corrected chi connectivity index (χ2v) is 4.33. The summed E-state index contributed by atoms with van der Waals surface area (Å²) < 4.78 is 0. The van der Waals surface area contributed by atoms with Gasteiger partial charge in [0.05, 0.1) is 0 Å². The predicted octanol–water partition coefficient (Wildman–Crippen LogP) is 1.88. The average Bonchev–Trinajstić information content (AvgIpc) is 2.44. The van der Waals surface area contributed by atoms with E-state index in [1.807, 2.05) is 12.1 Å². The third kappa shape index (κ3) is 3.27. The van der Waals surface area contributed by atoms with Gasteiger partial charge in [0, 0.05) is 17.9 Å². The van der Waals surface area contributed by atoms with Crippen molar-refractivity contribution in [3.8, 4) is 11.5 Å². The number of amides is 1. The van der Waals surface area contributed by atoms with Crippen molar-refractivity contribution in [2.24, 2.45) is 0 Å². The van der Waals surface area contributed by atoms with Crippen molar-refractivity contribution in [3.63, 3.8) is 0 Å². The van der Waals surface area contributed by atoms with Crippen LogP contribution in [0.2, 0.25) is 0 Å². The molecule has 2 rings (SSSR count). The minimum atomic E-state index is -0.379. The topological polar surface area (TPSA) is 89.8 Å². The second-order valence-electron chi connectivity index (χ2n) is 4.33. The highest BCUT2D eigenvalue weighted by molar-refractivity contribution is 6.04. The maximum absolute atomic E-state index is 11.9. The Labute approximate surface area is 116 Å². The molecule has 0 heterocycles. The molecule has 0 spiro atoms. The lowest BCUT2D eigenvalue weighted by molar-refractivity contribution is 0.102. The highest BCUT2D eigenvalue weighted by Gasteiger charge is 2.09. The zero-order valence-corrected chi connectivity index (χ0v) is 10.7. The molecule has 20 heavy (non-hydrogen) atoms. The Kier molecular flexibility index (Phi) is 4.22. The van der Waals surface area contributed by atoms with E-state index in [4.69, 9.17) is 5.11 Å². The third-order valence-corrected chi connectivity index (χ3v) is 2.85. The van der Waals surface area contributed by atoms with Crippen molar-refractivity contribution in [2.45, 2.75) is 6.42 Å².